The van der Waals surface area contributed by atoms with E-state index in [9.17, 15) is 4.79 Å². The summed E-state index contributed by atoms with van der Waals surface area (Å²) in [4.78, 5) is 15.0. The second-order valence-electron chi connectivity index (χ2n) is 11.2. The van der Waals surface area contributed by atoms with E-state index in [-0.39, 0.29) is 11.1 Å². The maximum atomic E-state index is 11.1. The summed E-state index contributed by atoms with van der Waals surface area (Å²) in [5, 5.41) is 15.1. The van der Waals surface area contributed by atoms with Gasteiger partial charge in [0.1, 0.15) is 0 Å². The SMILES string of the molecule is CC(C)(C)[Si](C)(C)OC1CCN(c2cc3cnn(CC4CCN(C(=O)O)CC4)c3cc2N)C1. The molecular formula is C24H39N5O3Si. The first kappa shape index (κ1) is 23.9. The Kier molecular flexibility index (Phi) is 6.39. The molecule has 2 fully saturated rings. The zero-order valence-electron chi connectivity index (χ0n) is 20.7. The third-order valence-electron chi connectivity index (χ3n) is 7.86. The molecule has 9 heteroatoms. The molecule has 1 atom stereocenters. The van der Waals surface area contributed by atoms with E-state index in [0.29, 0.717) is 19.0 Å². The maximum absolute atomic E-state index is 11.1. The summed E-state index contributed by atoms with van der Waals surface area (Å²) in [7, 11) is -1.79. The summed E-state index contributed by atoms with van der Waals surface area (Å²) in [6.07, 6.45) is 4.11. The Labute approximate surface area is 197 Å². The number of hydrogen-bond donors (Lipinski definition) is 2. The molecule has 2 aliphatic heterocycles. The first-order valence-electron chi connectivity index (χ1n) is 12.1. The minimum atomic E-state index is -1.79. The van der Waals surface area contributed by atoms with Crippen LogP contribution in [0.5, 0.6) is 0 Å². The van der Waals surface area contributed by atoms with Gasteiger partial charge < -0.3 is 25.1 Å². The molecule has 0 radical (unpaired) electrons. The number of piperidine rings is 1. The van der Waals surface area contributed by atoms with Crippen LogP contribution < -0.4 is 10.6 Å². The van der Waals surface area contributed by atoms with E-state index in [2.05, 4.69) is 49.9 Å². The first-order chi connectivity index (χ1) is 15.4. The van der Waals surface area contributed by atoms with Crippen molar-refractivity contribution >= 4 is 36.7 Å². The van der Waals surface area contributed by atoms with Gasteiger partial charge in [0.2, 0.25) is 0 Å². The van der Waals surface area contributed by atoms with Crippen molar-refractivity contribution in [3.05, 3.63) is 18.3 Å². The lowest BCUT2D eigenvalue weighted by molar-refractivity contribution is 0.121. The molecule has 1 amide bonds. The molecule has 182 valence electrons. The zero-order chi connectivity index (χ0) is 24.0. The lowest BCUT2D eigenvalue weighted by Gasteiger charge is -2.38. The van der Waals surface area contributed by atoms with Crippen molar-refractivity contribution in [2.24, 2.45) is 5.92 Å². The van der Waals surface area contributed by atoms with E-state index in [1.54, 1.807) is 0 Å². The van der Waals surface area contributed by atoms with E-state index in [0.717, 1.165) is 61.2 Å². The third kappa shape index (κ3) is 4.99. The summed E-state index contributed by atoms with van der Waals surface area (Å²) in [6.45, 7) is 15.3. The number of benzene rings is 1. The third-order valence-corrected chi connectivity index (χ3v) is 12.4. The minimum Gasteiger partial charge on any atom is -0.465 e. The topological polar surface area (TPSA) is 96.8 Å². The van der Waals surface area contributed by atoms with Crippen molar-refractivity contribution in [2.75, 3.05) is 36.8 Å². The summed E-state index contributed by atoms with van der Waals surface area (Å²) in [5.74, 6) is 0.427. The molecule has 0 aliphatic carbocycles. The number of carboxylic acid groups (broad SMARTS) is 1. The highest BCUT2D eigenvalue weighted by Crippen LogP contribution is 2.39. The van der Waals surface area contributed by atoms with Crippen molar-refractivity contribution < 1.29 is 14.3 Å². The Morgan fingerprint density at radius 2 is 1.91 bits per heavy atom. The normalized spacial score (nSPS) is 20.7. The highest BCUT2D eigenvalue weighted by Gasteiger charge is 2.40. The average Bonchev–Trinajstić information content (AvgIpc) is 3.33. The number of likely N-dealkylation sites (tertiary alicyclic amines) is 1. The number of hydrogen-bond acceptors (Lipinski definition) is 5. The van der Waals surface area contributed by atoms with Crippen LogP contribution >= 0.6 is 0 Å². The largest absolute Gasteiger partial charge is 0.465 e. The number of carbonyl (C=O) groups is 1. The smallest absolute Gasteiger partial charge is 0.407 e. The van der Waals surface area contributed by atoms with Gasteiger partial charge >= 0.3 is 6.09 Å². The van der Waals surface area contributed by atoms with Gasteiger partial charge in [0.25, 0.3) is 0 Å². The molecule has 0 spiro atoms. The lowest BCUT2D eigenvalue weighted by Crippen LogP contribution is -2.44. The minimum absolute atomic E-state index is 0.206. The Bertz CT molecular complexity index is 1010. The molecule has 2 aliphatic rings. The second kappa shape index (κ2) is 8.83. The molecule has 1 aromatic heterocycles. The molecule has 2 saturated heterocycles. The van der Waals surface area contributed by atoms with Crippen LogP contribution in [0.3, 0.4) is 0 Å². The van der Waals surface area contributed by atoms with E-state index >= 15 is 0 Å². The summed E-state index contributed by atoms with van der Waals surface area (Å²) in [5.41, 5.74) is 9.42. The Morgan fingerprint density at radius 3 is 2.55 bits per heavy atom. The molecule has 1 unspecified atom stereocenters. The van der Waals surface area contributed by atoms with E-state index in [1.165, 1.54) is 4.90 Å². The van der Waals surface area contributed by atoms with Gasteiger partial charge in [-0.2, -0.15) is 5.10 Å². The monoisotopic (exact) mass is 473 g/mol. The zero-order valence-corrected chi connectivity index (χ0v) is 21.7. The van der Waals surface area contributed by atoms with Gasteiger partial charge in [0.05, 0.1) is 29.2 Å². The fraction of sp³-hybridized carbons (Fsp3) is 0.667. The van der Waals surface area contributed by atoms with Crippen LogP contribution in [0.25, 0.3) is 10.9 Å². The van der Waals surface area contributed by atoms with E-state index in [1.807, 2.05) is 16.9 Å². The molecular weight excluding hydrogens is 434 g/mol. The van der Waals surface area contributed by atoms with Crippen LogP contribution in [0.15, 0.2) is 18.3 Å². The summed E-state index contributed by atoms with van der Waals surface area (Å²) >= 11 is 0. The molecule has 8 nitrogen and oxygen atoms in total. The number of nitrogens with zero attached hydrogens (tertiary/aromatic N) is 4. The number of nitrogens with two attached hydrogens (primary N) is 1. The molecule has 1 aromatic carbocycles. The van der Waals surface area contributed by atoms with Gasteiger partial charge in [-0.15, -0.1) is 0 Å². The van der Waals surface area contributed by atoms with Crippen LogP contribution in [-0.2, 0) is 11.0 Å². The van der Waals surface area contributed by atoms with Crippen LogP contribution in [0, 0.1) is 5.92 Å². The Hall–Kier alpha value is -2.26. The fourth-order valence-corrected chi connectivity index (χ4v) is 6.12. The van der Waals surface area contributed by atoms with Crippen LogP contribution in [0.4, 0.5) is 16.2 Å². The number of aromatic nitrogens is 2. The van der Waals surface area contributed by atoms with Crippen LogP contribution in [0.1, 0.15) is 40.0 Å². The number of anilines is 2. The number of nitrogen functional groups attached to an aromatic ring is 1. The fourth-order valence-electron chi connectivity index (χ4n) is 4.74. The average molecular weight is 474 g/mol. The van der Waals surface area contributed by atoms with Gasteiger partial charge in [-0.25, -0.2) is 4.79 Å². The quantitative estimate of drug-likeness (QED) is 0.486. The molecule has 33 heavy (non-hydrogen) atoms. The Morgan fingerprint density at radius 1 is 1.21 bits per heavy atom. The Balaban J connectivity index is 1.44. The predicted molar refractivity (Wildman–Crippen MR) is 135 cm³/mol. The van der Waals surface area contributed by atoms with Crippen LogP contribution in [0.2, 0.25) is 18.1 Å². The van der Waals surface area contributed by atoms with Crippen molar-refractivity contribution in [3.8, 4) is 0 Å². The number of amides is 1. The van der Waals surface area contributed by atoms with Crippen molar-refractivity contribution in [1.29, 1.82) is 0 Å². The molecule has 0 bridgehead atoms. The van der Waals surface area contributed by atoms with Crippen molar-refractivity contribution in [1.82, 2.24) is 14.7 Å². The number of rotatable bonds is 5. The standard InChI is InChI=1S/C24H39N5O3Si/c1-24(2,3)33(4,5)32-19-8-11-28(16-19)22-12-18-14-26-29(21(18)13-20(22)25)15-17-6-9-27(10-7-17)23(30)31/h12-14,17,19H,6-11,15-16,25H2,1-5H3,(H,30,31). The summed E-state index contributed by atoms with van der Waals surface area (Å²) < 4.78 is 8.68. The highest BCUT2D eigenvalue weighted by atomic mass is 28.4. The molecule has 4 rings (SSSR count). The van der Waals surface area contributed by atoms with Gasteiger partial charge in [0, 0.05) is 38.1 Å². The van der Waals surface area contributed by atoms with Gasteiger partial charge in [0.15, 0.2) is 8.32 Å². The molecule has 2 aromatic rings. The predicted octanol–water partition coefficient (Wildman–Crippen LogP) is 4.61. The van der Waals surface area contributed by atoms with E-state index in [4.69, 9.17) is 15.3 Å². The number of fused-ring (bicyclic) bond motifs is 1. The molecule has 3 N–H and O–H groups in total. The van der Waals surface area contributed by atoms with Crippen LogP contribution in [-0.4, -0.2) is 66.5 Å². The van der Waals surface area contributed by atoms with Crippen molar-refractivity contribution in [2.45, 2.75) is 70.8 Å². The molecule has 0 saturated carbocycles. The van der Waals surface area contributed by atoms with E-state index < -0.39 is 14.4 Å². The second-order valence-corrected chi connectivity index (χ2v) is 16.0. The first-order valence-corrected chi connectivity index (χ1v) is 15.0. The van der Waals surface area contributed by atoms with Gasteiger partial charge in [-0.05, 0) is 55.4 Å². The van der Waals surface area contributed by atoms with Gasteiger partial charge in [-0.1, -0.05) is 20.8 Å². The highest BCUT2D eigenvalue weighted by molar-refractivity contribution is 6.74. The van der Waals surface area contributed by atoms with Crippen molar-refractivity contribution in [3.63, 3.8) is 0 Å². The maximum Gasteiger partial charge on any atom is 0.407 e. The summed E-state index contributed by atoms with van der Waals surface area (Å²) in [6, 6.07) is 4.21. The molecule has 3 heterocycles. The van der Waals surface area contributed by atoms with Gasteiger partial charge in [-0.3, -0.25) is 4.68 Å². The lowest BCUT2D eigenvalue weighted by atomic mass is 9.97.